The molecule has 0 aromatic rings. The number of ether oxygens (including phenoxy) is 2. The van der Waals surface area contributed by atoms with Crippen LogP contribution in [0.15, 0.2) is 44.2 Å². The number of nitrogens with two attached hydrogens (primary N) is 1. The molecule has 7 N–H and O–H groups in total. The summed E-state index contributed by atoms with van der Waals surface area (Å²) in [5.41, 5.74) is 4.98. The first kappa shape index (κ1) is 91.2. The Hall–Kier alpha value is -3.29. The Kier molecular flexibility index (Phi) is 103. The molecule has 0 bridgehead atoms. The van der Waals surface area contributed by atoms with Gasteiger partial charge in [0.1, 0.15) is 5.78 Å². The van der Waals surface area contributed by atoms with Gasteiger partial charge in [0, 0.05) is 46.3 Å². The number of carboxylic acid groups (broad SMARTS) is 2. The van der Waals surface area contributed by atoms with Gasteiger partial charge < -0.3 is 40.9 Å². The van der Waals surface area contributed by atoms with Gasteiger partial charge in [-0.05, 0) is 84.0 Å². The molecule has 0 heterocycles. The maximum atomic E-state index is 11.3. The minimum absolute atomic E-state index is 0. The van der Waals surface area contributed by atoms with Gasteiger partial charge in [0.2, 0.25) is 0 Å². The number of ketones is 1. The van der Waals surface area contributed by atoms with Crippen LogP contribution in [0.3, 0.4) is 0 Å². The number of aliphatic hydroxyl groups excluding tert-OH is 2. The van der Waals surface area contributed by atoms with E-state index < -0.39 is 11.9 Å². The summed E-state index contributed by atoms with van der Waals surface area (Å²) in [7, 11) is 2.00. The number of nitrogens with zero attached hydrogens (tertiary/aromatic N) is 5. The number of allylic oxidation sites excluding steroid dienone is 4. The van der Waals surface area contributed by atoms with E-state index in [0.29, 0.717) is 44.8 Å². The van der Waals surface area contributed by atoms with Gasteiger partial charge in [-0.15, -0.1) is 5.22 Å². The van der Waals surface area contributed by atoms with E-state index in [1.165, 1.54) is 120 Å². The first-order valence-electron chi connectivity index (χ1n) is 27.6. The van der Waals surface area contributed by atoms with Gasteiger partial charge in [-0.25, -0.2) is 10.4 Å². The third-order valence-corrected chi connectivity index (χ3v) is 10.6. The summed E-state index contributed by atoms with van der Waals surface area (Å²) in [4.78, 5) is 54.5. The zero-order valence-electron chi connectivity index (χ0n) is 49.2. The van der Waals surface area contributed by atoms with E-state index in [4.69, 9.17) is 35.1 Å². The van der Waals surface area contributed by atoms with Crippen LogP contribution in [-0.2, 0) is 33.4 Å². The van der Waals surface area contributed by atoms with Crippen molar-refractivity contribution in [1.82, 2.24) is 0 Å². The Labute approximate surface area is 480 Å². The van der Waals surface area contributed by atoms with Gasteiger partial charge >= 0.3 is 53.4 Å². The summed E-state index contributed by atoms with van der Waals surface area (Å²) in [5.74, 6) is 3.60. The molecule has 442 valence electrons. The molecule has 75 heavy (non-hydrogen) atoms. The van der Waals surface area contributed by atoms with Crippen molar-refractivity contribution < 1.29 is 88.6 Å². The smallest absolute Gasteiger partial charge is 0.481 e. The maximum Gasteiger partial charge on any atom is 1.00 e. The zero-order chi connectivity index (χ0) is 57.0. The topological polar surface area (TPSA) is 295 Å². The molecule has 0 fully saturated rings. The summed E-state index contributed by atoms with van der Waals surface area (Å²) in [6, 6.07) is 0. The third kappa shape index (κ3) is 93.6. The van der Waals surface area contributed by atoms with Crippen LogP contribution in [0.25, 0.3) is 5.59 Å². The third-order valence-electron chi connectivity index (χ3n) is 10.6. The second kappa shape index (κ2) is 84.7. The summed E-state index contributed by atoms with van der Waals surface area (Å²) in [6.07, 6.45) is 36.9. The normalized spacial score (nSPS) is 10.7. The van der Waals surface area contributed by atoms with E-state index in [-0.39, 0.29) is 67.5 Å². The predicted octanol–water partition coefficient (Wildman–Crippen LogP) is 13.1. The van der Waals surface area contributed by atoms with Crippen LogP contribution < -0.4 is 35.4 Å². The second-order valence-electron chi connectivity index (χ2n) is 16.9. The van der Waals surface area contributed by atoms with E-state index in [2.05, 4.69) is 92.9 Å². The van der Waals surface area contributed by atoms with Crippen LogP contribution in [0.4, 0.5) is 0 Å². The Morgan fingerprint density at radius 3 is 1.24 bits per heavy atom. The number of aliphatic hydroxyl groups is 2. The molecule has 0 amide bonds. The van der Waals surface area contributed by atoms with E-state index in [9.17, 15) is 24.0 Å². The van der Waals surface area contributed by atoms with Gasteiger partial charge in [-0.3, -0.25) is 29.6 Å². The fourth-order valence-corrected chi connectivity index (χ4v) is 6.99. The molecule has 0 aromatic carbocycles. The molecule has 1 unspecified atom stereocenters. The molecular formula is C56H115N6NaO12. The van der Waals surface area contributed by atoms with Crippen molar-refractivity contribution in [3.05, 3.63) is 28.9 Å². The maximum absolute atomic E-state index is 11.3. The van der Waals surface area contributed by atoms with Crippen molar-refractivity contribution in [2.24, 2.45) is 32.7 Å². The molecule has 0 radical (unpaired) electrons. The molecule has 0 saturated carbocycles. The number of unbranched alkanes of at least 4 members (excludes halogenated alkanes) is 12. The van der Waals surface area contributed by atoms with Gasteiger partial charge in [0.05, 0.1) is 19.6 Å². The number of aliphatic carboxylic acids is 2. The van der Waals surface area contributed by atoms with Crippen molar-refractivity contribution in [3.63, 3.8) is 0 Å². The molecule has 18 nitrogen and oxygen atoms in total. The Bertz CT molecular complexity index is 1310. The van der Waals surface area contributed by atoms with Crippen LogP contribution >= 0.6 is 0 Å². The molecule has 0 aliphatic carbocycles. The number of hydrogen-bond acceptors (Lipinski definition) is 12. The molecule has 19 heteroatoms. The molecule has 0 spiro atoms. The SMILES string of the molecule is C.CCC=C(CCCCCC)CCC(=O)O.CCC=C(CCCCCC)CCC(=O)OCC.CCCCCCC(=O)CCC(=O)OCC.CCCCCCC(CCC)CCC(=O)O.CO.CO.N/N=N/N=N/[N-]O.[Na+]. The zero-order valence-corrected chi connectivity index (χ0v) is 51.2. The van der Waals surface area contributed by atoms with Gasteiger partial charge in [-0.1, -0.05) is 187 Å². The number of rotatable bonds is 40. The largest absolute Gasteiger partial charge is 1.00 e. The van der Waals surface area contributed by atoms with E-state index in [0.717, 1.165) is 72.0 Å². The molecular weight excluding hydrogens is 972 g/mol. The van der Waals surface area contributed by atoms with Gasteiger partial charge in [-0.2, -0.15) is 0 Å². The Morgan fingerprint density at radius 2 is 0.880 bits per heavy atom. The second-order valence-corrected chi connectivity index (χ2v) is 16.9. The number of hydrogen-bond donors (Lipinski definition) is 6. The minimum Gasteiger partial charge on any atom is -0.481 e. The molecule has 0 aliphatic rings. The fourth-order valence-electron chi connectivity index (χ4n) is 6.99. The van der Waals surface area contributed by atoms with Crippen LogP contribution in [0.1, 0.15) is 275 Å². The van der Waals surface area contributed by atoms with Gasteiger partial charge in [0.25, 0.3) is 0 Å². The van der Waals surface area contributed by atoms with E-state index in [1.807, 2.05) is 6.92 Å². The van der Waals surface area contributed by atoms with E-state index in [1.54, 1.807) is 6.92 Å². The van der Waals surface area contributed by atoms with Crippen molar-refractivity contribution in [2.45, 2.75) is 275 Å². The number of carbonyl (C=O) groups is 5. The Morgan fingerprint density at radius 1 is 0.480 bits per heavy atom. The van der Waals surface area contributed by atoms with Gasteiger partial charge in [0.15, 0.2) is 0 Å². The standard InChI is InChI=1S/C15H28O2.C13H26O2.C13H24O2.C12H22O3.2CH4O.CH4.H3N6O.Na/c1-4-7-8-9-11-14(10-5-2)12-13-15(16)17-6-3;2*1-3-5-6-7-9-12(8-4-2)10-11-13(14)15;1-3-5-6-7-8-11(13)9-10-12(14)15-4-2;2*1-2;;1-2-3-4-5-6-7;/h10H,4-9,11-13H2,1-3H3;12H,3-11H2,1-2H3,(H,14,15);8H,3-7,9-11H2,1-2H3,(H,14,15);3-10H2,1-2H3;2*2H,1H3;1H4;(H3-,1,2,3,4,5,6,7);/q;;;;;;;-1;+1. The minimum atomic E-state index is -0.689. The van der Waals surface area contributed by atoms with Crippen LogP contribution in [-0.4, -0.2) is 82.7 Å². The van der Waals surface area contributed by atoms with Crippen LogP contribution in [0, 0.1) is 5.92 Å². The Balaban J connectivity index is -0.000000103. The predicted molar refractivity (Wildman–Crippen MR) is 303 cm³/mol. The first-order chi connectivity index (χ1) is 35.3. The number of carbonyl (C=O) groups excluding carboxylic acids is 3. The molecule has 1 atom stereocenters. The average Bonchev–Trinajstić information content (AvgIpc) is 3.38. The number of carboxylic acids is 2. The summed E-state index contributed by atoms with van der Waals surface area (Å²) < 4.78 is 9.69. The van der Waals surface area contributed by atoms with Crippen molar-refractivity contribution >= 4 is 29.7 Å². The summed E-state index contributed by atoms with van der Waals surface area (Å²) in [5, 5.41) is 49.6. The average molecular weight is 1090 g/mol. The van der Waals surface area contributed by atoms with Crippen molar-refractivity contribution in [1.29, 1.82) is 0 Å². The number of Topliss-reactive ketones (excluding diaryl/α,β-unsaturated/α-hetero) is 1. The van der Waals surface area contributed by atoms with Crippen LogP contribution in [0.5, 0.6) is 0 Å². The molecule has 0 aliphatic heterocycles. The van der Waals surface area contributed by atoms with Crippen molar-refractivity contribution in [2.75, 3.05) is 27.4 Å². The molecule has 0 rings (SSSR count). The number of esters is 2. The summed E-state index contributed by atoms with van der Waals surface area (Å²) >= 11 is 0. The molecule has 0 aromatic heterocycles. The quantitative estimate of drug-likeness (QED) is 0.00633. The van der Waals surface area contributed by atoms with E-state index >= 15 is 0 Å². The molecule has 0 saturated heterocycles. The van der Waals surface area contributed by atoms with Crippen molar-refractivity contribution in [3.8, 4) is 0 Å². The first-order valence-corrected chi connectivity index (χ1v) is 27.6. The fraction of sp³-hybridized carbons (Fsp3) is 0.839. The summed E-state index contributed by atoms with van der Waals surface area (Å²) in [6.45, 7) is 19.7. The van der Waals surface area contributed by atoms with Crippen LogP contribution in [0.2, 0.25) is 0 Å². The monoisotopic (exact) mass is 1090 g/mol.